The summed E-state index contributed by atoms with van der Waals surface area (Å²) in [4.78, 5) is -1.31. The van der Waals surface area contributed by atoms with Crippen LogP contribution in [0.3, 0.4) is 0 Å². The van der Waals surface area contributed by atoms with Gasteiger partial charge in [-0.25, -0.2) is 8.42 Å². The third-order valence-electron chi connectivity index (χ3n) is 8.85. The van der Waals surface area contributed by atoms with Crippen molar-refractivity contribution in [3.8, 4) is 34.5 Å². The summed E-state index contributed by atoms with van der Waals surface area (Å²) < 4.78 is 75.2. The summed E-state index contributed by atoms with van der Waals surface area (Å²) in [6.45, 7) is 4.45. The normalized spacial score (nSPS) is 11.3. The summed E-state index contributed by atoms with van der Waals surface area (Å²) in [5.41, 5.74) is 2.48. The molecule has 4 rings (SSSR count). The largest absolute Gasteiger partial charge is 2.00 e. The van der Waals surface area contributed by atoms with Crippen LogP contribution in [0.1, 0.15) is 115 Å². The summed E-state index contributed by atoms with van der Waals surface area (Å²) in [7, 11) is -9.22. The molecule has 0 radical (unpaired) electrons. The number of aromatic hydroxyl groups is 1. The number of hydrogen-bond donors (Lipinski definition) is 2. The second kappa shape index (κ2) is 25.4. The Morgan fingerprint density at radius 2 is 0.891 bits per heavy atom. The van der Waals surface area contributed by atoms with E-state index in [1.807, 2.05) is 48.5 Å². The van der Waals surface area contributed by atoms with Gasteiger partial charge in [-0.15, -0.1) is 0 Å². The first-order valence-electron chi connectivity index (χ1n) is 18.9. The van der Waals surface area contributed by atoms with Gasteiger partial charge in [0, 0.05) is 11.0 Å². The van der Waals surface area contributed by atoms with E-state index in [0.717, 1.165) is 43.5 Å². The average Bonchev–Trinajstić information content (AvgIpc) is 3.11. The molecule has 10 nitrogen and oxygen atoms in total. The Labute approximate surface area is 357 Å². The van der Waals surface area contributed by atoms with Gasteiger partial charge >= 0.3 is 37.7 Å². The van der Waals surface area contributed by atoms with Crippen molar-refractivity contribution in [1.29, 1.82) is 0 Å². The van der Waals surface area contributed by atoms with Gasteiger partial charge in [-0.3, -0.25) is 4.55 Å². The van der Waals surface area contributed by atoms with Gasteiger partial charge in [0.1, 0.15) is 43.8 Å². The summed E-state index contributed by atoms with van der Waals surface area (Å²) in [6.07, 6.45) is 20.0. The van der Waals surface area contributed by atoms with E-state index in [1.54, 1.807) is 0 Å². The molecule has 2 N–H and O–H groups in total. The molecule has 4 aromatic rings. The molecular weight excluding hydrogens is 769 g/mol. The third kappa shape index (κ3) is 18.8. The maximum Gasteiger partial charge on any atom is 2.00 e. The van der Waals surface area contributed by atoms with Gasteiger partial charge in [-0.2, -0.15) is 8.42 Å². The van der Waals surface area contributed by atoms with Crippen LogP contribution in [0.5, 0.6) is 34.5 Å². The van der Waals surface area contributed by atoms with Crippen molar-refractivity contribution in [2.24, 2.45) is 0 Å². The molecule has 0 fully saturated rings. The van der Waals surface area contributed by atoms with Gasteiger partial charge in [0.2, 0.25) is 0 Å². The Bertz CT molecular complexity index is 1770. The molecule has 0 saturated carbocycles. The number of hydrogen-bond acceptors (Lipinski definition) is 9. The molecule has 0 aliphatic carbocycles. The molecule has 0 atom stereocenters. The minimum atomic E-state index is -4.76. The number of benzene rings is 4. The molecule has 296 valence electrons. The van der Waals surface area contributed by atoms with Gasteiger partial charge in [0.15, 0.2) is 0 Å². The zero-order valence-corrected chi connectivity index (χ0v) is 35.9. The van der Waals surface area contributed by atoms with E-state index in [4.69, 9.17) is 14.0 Å². The van der Waals surface area contributed by atoms with Crippen molar-refractivity contribution in [3.63, 3.8) is 0 Å². The SMILES string of the molecule is CCCCCCCCCc1ccc(Oc2ccc(S(=O)(=O)O)c(O)c2)cc1.CCCCCCCCCc1ccc(Oc2ccc(S(=O)(=O)[O-])c([O-])c2)cc1.[Ca+2]. The average molecular weight is 823 g/mol. The molecule has 0 aromatic heterocycles. The van der Waals surface area contributed by atoms with Gasteiger partial charge in [0.25, 0.3) is 10.1 Å². The molecule has 55 heavy (non-hydrogen) atoms. The van der Waals surface area contributed by atoms with Crippen LogP contribution < -0.4 is 14.6 Å². The molecular formula is C42H54CaO10S2. The van der Waals surface area contributed by atoms with Crippen molar-refractivity contribution in [1.82, 2.24) is 0 Å². The Morgan fingerprint density at radius 3 is 1.25 bits per heavy atom. The molecule has 0 spiro atoms. The standard InChI is InChI=1S/2C21H28O5S.Ca/c2*1-2-3-4-5-6-7-8-9-17-10-12-18(13-11-17)26-19-14-15-21(20(22)16-19)27(23,24)25;/h2*10-16,22H,2-9H2,1H3,(H,23,24,25);/q;;+2/p-2. The van der Waals surface area contributed by atoms with Gasteiger partial charge in [0.05, 0.1) is 0 Å². The number of rotatable bonds is 22. The number of ether oxygens (including phenoxy) is 2. The Morgan fingerprint density at radius 1 is 0.527 bits per heavy atom. The number of phenols is 1. The number of unbranched alkanes of at least 4 members (excludes halogenated alkanes) is 12. The Kier molecular flexibility index (Phi) is 22.3. The summed E-state index contributed by atoms with van der Waals surface area (Å²) in [5, 5.41) is 21.4. The van der Waals surface area contributed by atoms with Crippen LogP contribution in [-0.2, 0) is 33.1 Å². The van der Waals surface area contributed by atoms with E-state index in [2.05, 4.69) is 13.8 Å². The van der Waals surface area contributed by atoms with Crippen molar-refractivity contribution in [3.05, 3.63) is 96.1 Å². The summed E-state index contributed by atoms with van der Waals surface area (Å²) >= 11 is 0. The first-order valence-corrected chi connectivity index (χ1v) is 21.8. The fraction of sp³-hybridized carbons (Fsp3) is 0.429. The van der Waals surface area contributed by atoms with Crippen LogP contribution in [0.4, 0.5) is 0 Å². The molecule has 0 bridgehead atoms. The summed E-state index contributed by atoms with van der Waals surface area (Å²) in [5.74, 6) is 0.225. The molecule has 0 heterocycles. The monoisotopic (exact) mass is 822 g/mol. The Balaban J connectivity index is 0.000000373. The van der Waals surface area contributed by atoms with Crippen molar-refractivity contribution >= 4 is 58.0 Å². The zero-order chi connectivity index (χ0) is 39.4. The Hall–Kier alpha value is -2.84. The molecule has 0 aliphatic heterocycles. The van der Waals surface area contributed by atoms with E-state index in [0.29, 0.717) is 17.2 Å². The van der Waals surface area contributed by atoms with E-state index in [1.165, 1.54) is 107 Å². The van der Waals surface area contributed by atoms with Crippen LogP contribution in [0.25, 0.3) is 0 Å². The molecule has 13 heteroatoms. The molecule has 4 aromatic carbocycles. The molecule has 0 saturated heterocycles. The van der Waals surface area contributed by atoms with Gasteiger partial charge in [-0.1, -0.05) is 121 Å². The molecule has 0 unspecified atom stereocenters. The van der Waals surface area contributed by atoms with Crippen molar-refractivity contribution in [2.45, 2.75) is 126 Å². The smallest absolute Gasteiger partial charge is 0.872 e. The second-order valence-corrected chi connectivity index (χ2v) is 16.1. The van der Waals surface area contributed by atoms with Crippen LogP contribution in [0, 0.1) is 0 Å². The maximum absolute atomic E-state index is 11.7. The second-order valence-electron chi connectivity index (χ2n) is 13.4. The first-order chi connectivity index (χ1) is 25.8. The first kappa shape index (κ1) is 48.3. The van der Waals surface area contributed by atoms with E-state index < -0.39 is 41.5 Å². The van der Waals surface area contributed by atoms with Crippen molar-refractivity contribution < 1.29 is 45.6 Å². The zero-order valence-electron chi connectivity index (χ0n) is 32.1. The fourth-order valence-corrected chi connectivity index (χ4v) is 6.93. The quantitative estimate of drug-likeness (QED) is 0.0441. The molecule has 0 aliphatic rings. The predicted molar refractivity (Wildman–Crippen MR) is 214 cm³/mol. The van der Waals surface area contributed by atoms with E-state index in [-0.39, 0.29) is 43.5 Å². The predicted octanol–water partition coefficient (Wildman–Crippen LogP) is 10.1. The van der Waals surface area contributed by atoms with Crippen molar-refractivity contribution in [2.75, 3.05) is 0 Å². The summed E-state index contributed by atoms with van der Waals surface area (Å²) in [6, 6.07) is 22.3. The van der Waals surface area contributed by atoms with Crippen LogP contribution in [0.2, 0.25) is 0 Å². The fourth-order valence-electron chi connectivity index (χ4n) is 5.83. The number of phenolic OH excluding ortho intramolecular Hbond substituents is 1. The van der Waals surface area contributed by atoms with Crippen LogP contribution >= 0.6 is 0 Å². The van der Waals surface area contributed by atoms with E-state index in [9.17, 15) is 31.6 Å². The molecule has 0 amide bonds. The van der Waals surface area contributed by atoms with Crippen LogP contribution in [0.15, 0.2) is 94.7 Å². The van der Waals surface area contributed by atoms with Gasteiger partial charge in [-0.05, 0) is 91.4 Å². The minimum absolute atomic E-state index is 0. The van der Waals surface area contributed by atoms with E-state index >= 15 is 0 Å². The number of aryl methyl sites for hydroxylation is 2. The topological polar surface area (TPSA) is 173 Å². The maximum atomic E-state index is 11.7. The minimum Gasteiger partial charge on any atom is -0.872 e. The third-order valence-corrected chi connectivity index (χ3v) is 10.6. The van der Waals surface area contributed by atoms with Gasteiger partial charge < -0.3 is 24.2 Å². The van der Waals surface area contributed by atoms with Crippen LogP contribution in [-0.4, -0.2) is 68.8 Å².